The third-order valence-electron chi connectivity index (χ3n) is 1.25. The van der Waals surface area contributed by atoms with Crippen LogP contribution in [0, 0.1) is 0 Å². The third-order valence-corrected chi connectivity index (χ3v) is 1.25. The molecule has 2 atom stereocenters. The van der Waals surface area contributed by atoms with Crippen LogP contribution in [0.25, 0.3) is 0 Å². The van der Waals surface area contributed by atoms with E-state index in [0.717, 1.165) is 0 Å². The van der Waals surface area contributed by atoms with Crippen LogP contribution < -0.4 is 22.7 Å². The van der Waals surface area contributed by atoms with Crippen LogP contribution in [0.3, 0.4) is 0 Å². The first kappa shape index (κ1) is 16.2. The summed E-state index contributed by atoms with van der Waals surface area (Å²) in [4.78, 5) is 19.6. The van der Waals surface area contributed by atoms with E-state index in [-0.39, 0.29) is 6.54 Å². The highest BCUT2D eigenvalue weighted by molar-refractivity contribution is 5.73. The van der Waals surface area contributed by atoms with Crippen LogP contribution in [0.5, 0.6) is 0 Å². The highest BCUT2D eigenvalue weighted by Gasteiger charge is 2.11. The molecule has 0 heterocycles. The monoisotopic (exact) mass is 224 g/mol. The molecule has 0 fully saturated rings. The first-order chi connectivity index (χ1) is 6.90. The lowest BCUT2D eigenvalue weighted by atomic mass is 10.3. The molecule has 0 saturated heterocycles. The van der Waals surface area contributed by atoms with Crippen molar-refractivity contribution in [3.63, 3.8) is 0 Å². The Morgan fingerprint density at radius 1 is 1.27 bits per heavy atom. The van der Waals surface area contributed by atoms with Gasteiger partial charge in [-0.2, -0.15) is 0 Å². The van der Waals surface area contributed by atoms with E-state index in [1.165, 1.54) is 0 Å². The van der Waals surface area contributed by atoms with Crippen molar-refractivity contribution >= 4 is 11.9 Å². The molecule has 1 unspecified atom stereocenters. The van der Waals surface area contributed by atoms with Gasteiger partial charge in [-0.15, -0.1) is 0 Å². The molecule has 15 heavy (non-hydrogen) atoms. The summed E-state index contributed by atoms with van der Waals surface area (Å²) in [6.07, 6.45) is 0. The number of nitrogens with two attached hydrogens (primary N) is 3. The molecule has 0 aromatic carbocycles. The molecule has 0 radical (unpaired) electrons. The number of aliphatic carboxylic acids is 2. The summed E-state index contributed by atoms with van der Waals surface area (Å²) in [6, 6.07) is -1.95. The lowest BCUT2D eigenvalue weighted by molar-refractivity contribution is -0.140. The Bertz CT molecular complexity index is 196. The van der Waals surface area contributed by atoms with E-state index in [1.54, 1.807) is 0 Å². The van der Waals surface area contributed by atoms with E-state index in [4.69, 9.17) is 32.6 Å². The second-order valence-electron chi connectivity index (χ2n) is 2.42. The number of carbonyl (C=O) groups is 2. The first-order valence-corrected chi connectivity index (χ1v) is 3.88. The quantitative estimate of drug-likeness (QED) is 0.182. The smallest absolute Gasteiger partial charge is 0.324 e. The second-order valence-corrected chi connectivity index (χ2v) is 2.42. The molecule has 0 aliphatic carbocycles. The van der Waals surface area contributed by atoms with Gasteiger partial charge in [0.2, 0.25) is 0 Å². The van der Waals surface area contributed by atoms with Gasteiger partial charge in [0.15, 0.2) is 0 Å². The Morgan fingerprint density at radius 3 is 1.73 bits per heavy atom. The van der Waals surface area contributed by atoms with E-state index >= 15 is 0 Å². The van der Waals surface area contributed by atoms with E-state index in [0.29, 0.717) is 0 Å². The standard InChI is InChI=1S/C3H8N2O3.C3H8N2O2/c4-5-2(1-6)3(7)8;4-1-2(5)3(6)7/h2,5-6H,1,4H2,(H,7,8);2H,1,4-5H2,(H,6,7)/t2-;/m0./s1. The van der Waals surface area contributed by atoms with Crippen LogP contribution in [0.4, 0.5) is 0 Å². The van der Waals surface area contributed by atoms with Gasteiger partial charge in [0, 0.05) is 6.54 Å². The van der Waals surface area contributed by atoms with Crippen molar-refractivity contribution in [3.8, 4) is 0 Å². The van der Waals surface area contributed by atoms with Gasteiger partial charge in [0.05, 0.1) is 6.61 Å². The van der Waals surface area contributed by atoms with Gasteiger partial charge in [-0.05, 0) is 0 Å². The molecular weight excluding hydrogens is 208 g/mol. The average molecular weight is 224 g/mol. The summed E-state index contributed by atoms with van der Waals surface area (Å²) in [5.74, 6) is 2.48. The van der Waals surface area contributed by atoms with Crippen molar-refractivity contribution in [2.24, 2.45) is 17.3 Å². The number of rotatable bonds is 5. The van der Waals surface area contributed by atoms with Crippen molar-refractivity contribution < 1.29 is 24.9 Å². The van der Waals surface area contributed by atoms with Gasteiger partial charge in [-0.1, -0.05) is 0 Å². The van der Waals surface area contributed by atoms with Crippen LogP contribution in [-0.2, 0) is 9.59 Å². The van der Waals surface area contributed by atoms with Crippen molar-refractivity contribution in [2.45, 2.75) is 12.1 Å². The van der Waals surface area contributed by atoms with Gasteiger partial charge in [0.1, 0.15) is 12.1 Å². The number of carboxylic acids is 2. The normalized spacial score (nSPS) is 13.3. The summed E-state index contributed by atoms with van der Waals surface area (Å²) < 4.78 is 0. The highest BCUT2D eigenvalue weighted by atomic mass is 16.4. The SMILES string of the molecule is NCC(N)C(=O)O.NN[C@@H](CO)C(=O)O. The Kier molecular flexibility index (Phi) is 10.0. The molecule has 0 bridgehead atoms. The molecule has 0 amide bonds. The molecule has 0 rings (SSSR count). The van der Waals surface area contributed by atoms with Crippen molar-refractivity contribution in [3.05, 3.63) is 0 Å². The van der Waals surface area contributed by atoms with E-state index in [9.17, 15) is 9.59 Å². The Balaban J connectivity index is 0. The van der Waals surface area contributed by atoms with E-state index in [2.05, 4.69) is 0 Å². The number of hydrazine groups is 1. The Morgan fingerprint density at radius 2 is 1.73 bits per heavy atom. The van der Waals surface area contributed by atoms with Gasteiger partial charge in [-0.3, -0.25) is 15.4 Å². The third kappa shape index (κ3) is 9.05. The zero-order valence-corrected chi connectivity index (χ0v) is 7.96. The summed E-state index contributed by atoms with van der Waals surface area (Å²) in [6.45, 7) is -0.499. The number of nitrogens with one attached hydrogen (secondary N) is 1. The number of carboxylic acid groups (broad SMARTS) is 2. The maximum atomic E-state index is 9.86. The minimum atomic E-state index is -1.16. The molecule has 0 aromatic rings. The fraction of sp³-hybridized carbons (Fsp3) is 0.667. The molecule has 0 aliphatic rings. The van der Waals surface area contributed by atoms with Crippen LogP contribution >= 0.6 is 0 Å². The average Bonchev–Trinajstić information content (AvgIpc) is 2.18. The van der Waals surface area contributed by atoms with Crippen LogP contribution in [0.2, 0.25) is 0 Å². The number of aliphatic hydroxyl groups excluding tert-OH is 1. The number of aliphatic hydroxyl groups is 1. The molecular formula is C6H16N4O5. The zero-order valence-electron chi connectivity index (χ0n) is 7.96. The summed E-state index contributed by atoms with van der Waals surface area (Å²) in [7, 11) is 0. The Hall–Kier alpha value is -1.26. The van der Waals surface area contributed by atoms with Gasteiger partial charge in [-0.25, -0.2) is 5.43 Å². The molecule has 10 N–H and O–H groups in total. The van der Waals surface area contributed by atoms with Gasteiger partial charge < -0.3 is 26.8 Å². The molecule has 9 nitrogen and oxygen atoms in total. The van der Waals surface area contributed by atoms with Crippen molar-refractivity contribution in [1.82, 2.24) is 5.43 Å². The molecule has 0 aromatic heterocycles. The molecule has 0 spiro atoms. The van der Waals surface area contributed by atoms with Crippen molar-refractivity contribution in [2.75, 3.05) is 13.2 Å². The fourth-order valence-electron chi connectivity index (χ4n) is 0.303. The predicted octanol–water partition coefficient (Wildman–Crippen LogP) is -3.75. The van der Waals surface area contributed by atoms with Gasteiger partial charge in [0.25, 0.3) is 0 Å². The molecule has 90 valence electrons. The first-order valence-electron chi connectivity index (χ1n) is 3.88. The Labute approximate surface area is 85.8 Å². The molecule has 0 saturated carbocycles. The molecule has 9 heteroatoms. The lowest BCUT2D eigenvalue weighted by Crippen LogP contribution is -2.43. The van der Waals surface area contributed by atoms with Crippen LogP contribution in [-0.4, -0.2) is 52.5 Å². The molecule has 0 aliphatic heterocycles. The fourth-order valence-corrected chi connectivity index (χ4v) is 0.303. The van der Waals surface area contributed by atoms with Crippen LogP contribution in [0.15, 0.2) is 0 Å². The summed E-state index contributed by atoms with van der Waals surface area (Å²) >= 11 is 0. The van der Waals surface area contributed by atoms with Crippen molar-refractivity contribution in [1.29, 1.82) is 0 Å². The predicted molar refractivity (Wildman–Crippen MR) is 50.5 cm³/mol. The lowest BCUT2D eigenvalue weighted by Gasteiger charge is -2.04. The minimum absolute atomic E-state index is 0.00463. The van der Waals surface area contributed by atoms with E-state index < -0.39 is 30.6 Å². The van der Waals surface area contributed by atoms with E-state index in [1.807, 2.05) is 5.43 Å². The number of hydrogen-bond donors (Lipinski definition) is 7. The summed E-state index contributed by atoms with van der Waals surface area (Å²) in [5.41, 5.74) is 11.7. The number of hydrogen-bond acceptors (Lipinski definition) is 7. The van der Waals surface area contributed by atoms with Gasteiger partial charge >= 0.3 is 11.9 Å². The highest BCUT2D eigenvalue weighted by Crippen LogP contribution is 1.75. The topological polar surface area (TPSA) is 185 Å². The van der Waals surface area contributed by atoms with Crippen LogP contribution in [0.1, 0.15) is 0 Å². The maximum Gasteiger partial charge on any atom is 0.324 e. The maximum absolute atomic E-state index is 9.86. The second kappa shape index (κ2) is 9.30. The summed E-state index contributed by atoms with van der Waals surface area (Å²) in [5, 5.41) is 24.2. The minimum Gasteiger partial charge on any atom is -0.480 e. The zero-order chi connectivity index (χ0) is 12.4. The largest absolute Gasteiger partial charge is 0.480 e.